The highest BCUT2D eigenvalue weighted by Crippen LogP contribution is 2.28. The SMILES string of the molecule is Cc1ccc(COc2ccc(N)c3cccnc23)cc1C. The Morgan fingerprint density at radius 2 is 1.90 bits per heavy atom. The maximum Gasteiger partial charge on any atom is 0.146 e. The first kappa shape index (κ1) is 13.4. The normalized spacial score (nSPS) is 10.8. The smallest absolute Gasteiger partial charge is 0.146 e. The largest absolute Gasteiger partial charge is 0.487 e. The highest BCUT2D eigenvalue weighted by Gasteiger charge is 2.06. The van der Waals surface area contributed by atoms with Crippen LogP contribution >= 0.6 is 0 Å². The lowest BCUT2D eigenvalue weighted by Gasteiger charge is -2.11. The first-order valence-corrected chi connectivity index (χ1v) is 6.97. The van der Waals surface area contributed by atoms with Gasteiger partial charge in [0.05, 0.1) is 0 Å². The van der Waals surface area contributed by atoms with Crippen molar-refractivity contribution >= 4 is 16.6 Å². The molecule has 1 heterocycles. The van der Waals surface area contributed by atoms with Gasteiger partial charge in [0.2, 0.25) is 0 Å². The molecule has 0 saturated heterocycles. The van der Waals surface area contributed by atoms with Gasteiger partial charge in [-0.15, -0.1) is 0 Å². The monoisotopic (exact) mass is 278 g/mol. The third kappa shape index (κ3) is 2.68. The van der Waals surface area contributed by atoms with Gasteiger partial charge in [0.25, 0.3) is 0 Å². The van der Waals surface area contributed by atoms with Crippen LogP contribution in [0.5, 0.6) is 5.75 Å². The number of hydrogen-bond acceptors (Lipinski definition) is 3. The molecule has 21 heavy (non-hydrogen) atoms. The number of nitrogens with zero attached hydrogens (tertiary/aromatic N) is 1. The van der Waals surface area contributed by atoms with E-state index >= 15 is 0 Å². The first-order valence-electron chi connectivity index (χ1n) is 6.97. The van der Waals surface area contributed by atoms with E-state index < -0.39 is 0 Å². The van der Waals surface area contributed by atoms with E-state index in [1.54, 1.807) is 6.20 Å². The zero-order valence-corrected chi connectivity index (χ0v) is 12.3. The molecule has 0 amide bonds. The summed E-state index contributed by atoms with van der Waals surface area (Å²) in [5, 5.41) is 0.926. The van der Waals surface area contributed by atoms with Crippen molar-refractivity contribution in [2.45, 2.75) is 20.5 Å². The molecule has 3 aromatic rings. The third-order valence-corrected chi connectivity index (χ3v) is 3.73. The third-order valence-electron chi connectivity index (χ3n) is 3.73. The van der Waals surface area contributed by atoms with Gasteiger partial charge in [0.1, 0.15) is 17.9 Å². The molecule has 2 aromatic carbocycles. The summed E-state index contributed by atoms with van der Waals surface area (Å²) in [4.78, 5) is 4.38. The summed E-state index contributed by atoms with van der Waals surface area (Å²) in [6, 6.07) is 13.9. The Bertz CT molecular complexity index is 796. The van der Waals surface area contributed by atoms with Crippen molar-refractivity contribution < 1.29 is 4.74 Å². The number of nitrogen functional groups attached to an aromatic ring is 1. The van der Waals surface area contributed by atoms with Crippen LogP contribution in [0.2, 0.25) is 0 Å². The van der Waals surface area contributed by atoms with Gasteiger partial charge in [-0.05, 0) is 54.8 Å². The predicted octanol–water partition coefficient (Wildman–Crippen LogP) is 4.01. The average molecular weight is 278 g/mol. The maximum atomic E-state index is 5.97. The minimum atomic E-state index is 0.525. The zero-order valence-electron chi connectivity index (χ0n) is 12.3. The minimum Gasteiger partial charge on any atom is -0.487 e. The lowest BCUT2D eigenvalue weighted by molar-refractivity contribution is 0.309. The molecule has 0 saturated carbocycles. The molecule has 0 aliphatic heterocycles. The van der Waals surface area contributed by atoms with Gasteiger partial charge >= 0.3 is 0 Å². The number of nitrogens with two attached hydrogens (primary N) is 1. The van der Waals surface area contributed by atoms with Gasteiger partial charge in [0.15, 0.2) is 0 Å². The summed E-state index contributed by atoms with van der Waals surface area (Å²) in [6.45, 7) is 4.74. The molecule has 106 valence electrons. The molecule has 0 fully saturated rings. The van der Waals surface area contributed by atoms with Crippen LogP contribution in [0.1, 0.15) is 16.7 Å². The van der Waals surface area contributed by atoms with Crippen molar-refractivity contribution in [3.8, 4) is 5.75 Å². The quantitative estimate of drug-likeness (QED) is 0.736. The number of anilines is 1. The summed E-state index contributed by atoms with van der Waals surface area (Å²) < 4.78 is 5.94. The number of ether oxygens (including phenoxy) is 1. The van der Waals surface area contributed by atoms with Crippen LogP contribution in [-0.2, 0) is 6.61 Å². The number of hydrogen-bond donors (Lipinski definition) is 1. The summed E-state index contributed by atoms with van der Waals surface area (Å²) in [6.07, 6.45) is 1.75. The molecule has 3 heteroatoms. The number of pyridine rings is 1. The Morgan fingerprint density at radius 3 is 2.71 bits per heavy atom. The number of rotatable bonds is 3. The zero-order chi connectivity index (χ0) is 14.8. The Balaban J connectivity index is 1.88. The fourth-order valence-corrected chi connectivity index (χ4v) is 2.34. The van der Waals surface area contributed by atoms with E-state index in [0.29, 0.717) is 6.61 Å². The van der Waals surface area contributed by atoms with Crippen LogP contribution < -0.4 is 10.5 Å². The fraction of sp³-hybridized carbons (Fsp3) is 0.167. The highest BCUT2D eigenvalue weighted by atomic mass is 16.5. The van der Waals surface area contributed by atoms with Gasteiger partial charge in [-0.25, -0.2) is 0 Å². The number of aryl methyl sites for hydroxylation is 2. The Kier molecular flexibility index (Phi) is 3.48. The molecule has 3 rings (SSSR count). The van der Waals surface area contributed by atoms with Crippen molar-refractivity contribution in [2.75, 3.05) is 5.73 Å². The van der Waals surface area contributed by atoms with Gasteiger partial charge in [0, 0.05) is 17.3 Å². The van der Waals surface area contributed by atoms with E-state index in [-0.39, 0.29) is 0 Å². The lowest BCUT2D eigenvalue weighted by atomic mass is 10.1. The summed E-state index contributed by atoms with van der Waals surface area (Å²) in [5.74, 6) is 0.762. The van der Waals surface area contributed by atoms with Crippen LogP contribution in [0.3, 0.4) is 0 Å². The minimum absolute atomic E-state index is 0.525. The highest BCUT2D eigenvalue weighted by molar-refractivity contribution is 5.94. The van der Waals surface area contributed by atoms with Crippen molar-refractivity contribution in [1.82, 2.24) is 4.98 Å². The summed E-state index contributed by atoms with van der Waals surface area (Å²) in [5.41, 5.74) is 11.2. The van der Waals surface area contributed by atoms with E-state index in [4.69, 9.17) is 10.5 Å². The molecule has 1 aromatic heterocycles. The molecular formula is C18H18N2O. The van der Waals surface area contributed by atoms with Crippen molar-refractivity contribution in [3.63, 3.8) is 0 Å². The van der Waals surface area contributed by atoms with Gasteiger partial charge < -0.3 is 10.5 Å². The number of aromatic nitrogens is 1. The van der Waals surface area contributed by atoms with Crippen molar-refractivity contribution in [2.24, 2.45) is 0 Å². The molecule has 3 nitrogen and oxygen atoms in total. The van der Waals surface area contributed by atoms with E-state index in [0.717, 1.165) is 27.9 Å². The second-order valence-electron chi connectivity index (χ2n) is 5.26. The molecule has 0 spiro atoms. The van der Waals surface area contributed by atoms with Gasteiger partial charge in [-0.2, -0.15) is 0 Å². The van der Waals surface area contributed by atoms with Crippen molar-refractivity contribution in [1.29, 1.82) is 0 Å². The van der Waals surface area contributed by atoms with E-state index in [1.807, 2.05) is 24.3 Å². The molecule has 0 atom stereocenters. The van der Waals surface area contributed by atoms with Crippen LogP contribution in [0.15, 0.2) is 48.7 Å². The standard InChI is InChI=1S/C18H18N2O/c1-12-5-6-14(10-13(12)2)11-21-17-8-7-16(19)15-4-3-9-20-18(15)17/h3-10H,11,19H2,1-2H3. The Hall–Kier alpha value is -2.55. The Labute approximate surface area is 124 Å². The number of fused-ring (bicyclic) bond motifs is 1. The fourth-order valence-electron chi connectivity index (χ4n) is 2.34. The molecule has 0 bridgehead atoms. The molecule has 0 radical (unpaired) electrons. The summed E-state index contributed by atoms with van der Waals surface area (Å²) >= 11 is 0. The van der Waals surface area contributed by atoms with Crippen LogP contribution in [-0.4, -0.2) is 4.98 Å². The van der Waals surface area contributed by atoms with E-state index in [2.05, 4.69) is 37.0 Å². The van der Waals surface area contributed by atoms with Crippen LogP contribution in [0.25, 0.3) is 10.9 Å². The second-order valence-corrected chi connectivity index (χ2v) is 5.26. The first-order chi connectivity index (χ1) is 10.1. The van der Waals surface area contributed by atoms with Crippen LogP contribution in [0, 0.1) is 13.8 Å². The van der Waals surface area contributed by atoms with Gasteiger partial charge in [-0.3, -0.25) is 4.98 Å². The second kappa shape index (κ2) is 5.44. The molecule has 2 N–H and O–H groups in total. The topological polar surface area (TPSA) is 48.1 Å². The predicted molar refractivity (Wildman–Crippen MR) is 86.4 cm³/mol. The average Bonchev–Trinajstić information content (AvgIpc) is 2.50. The summed E-state index contributed by atoms with van der Waals surface area (Å²) in [7, 11) is 0. The maximum absolute atomic E-state index is 5.97. The van der Waals surface area contributed by atoms with E-state index in [1.165, 1.54) is 11.1 Å². The molecular weight excluding hydrogens is 260 g/mol. The molecule has 0 unspecified atom stereocenters. The Morgan fingerprint density at radius 1 is 1.05 bits per heavy atom. The molecule has 0 aliphatic rings. The lowest BCUT2D eigenvalue weighted by Crippen LogP contribution is -1.99. The van der Waals surface area contributed by atoms with Gasteiger partial charge in [-0.1, -0.05) is 18.2 Å². The van der Waals surface area contributed by atoms with E-state index in [9.17, 15) is 0 Å². The van der Waals surface area contributed by atoms with Crippen LogP contribution in [0.4, 0.5) is 5.69 Å². The molecule has 0 aliphatic carbocycles. The number of benzene rings is 2. The van der Waals surface area contributed by atoms with Crippen molar-refractivity contribution in [3.05, 3.63) is 65.4 Å².